The van der Waals surface area contributed by atoms with Crippen LogP contribution < -0.4 is 9.47 Å². The Bertz CT molecular complexity index is 1050. The summed E-state index contributed by atoms with van der Waals surface area (Å²) in [4.78, 5) is 14.1. The standard InChI is InChI=1S/C22H24FNO5S/c1-28-19-9-7-16(15-20(19)29-2)8-10-22(25)24-12-11-21(30(26,27)14-13-24)17-5-3-4-6-18(17)23/h3-10,15,21H,11-14H2,1-2H3. The van der Waals surface area contributed by atoms with Gasteiger partial charge in [0.1, 0.15) is 5.82 Å². The molecule has 8 heteroatoms. The molecule has 0 radical (unpaired) electrons. The van der Waals surface area contributed by atoms with Crippen molar-refractivity contribution in [3.63, 3.8) is 0 Å². The van der Waals surface area contributed by atoms with E-state index < -0.39 is 20.9 Å². The van der Waals surface area contributed by atoms with E-state index in [9.17, 15) is 17.6 Å². The van der Waals surface area contributed by atoms with Crippen LogP contribution in [0.15, 0.2) is 48.5 Å². The van der Waals surface area contributed by atoms with Crippen molar-refractivity contribution >= 4 is 21.8 Å². The van der Waals surface area contributed by atoms with E-state index in [-0.39, 0.29) is 36.7 Å². The summed E-state index contributed by atoms with van der Waals surface area (Å²) in [5, 5.41) is -0.952. The number of carbonyl (C=O) groups is 1. The predicted molar refractivity (Wildman–Crippen MR) is 113 cm³/mol. The van der Waals surface area contributed by atoms with Crippen LogP contribution in [0.1, 0.15) is 22.8 Å². The fourth-order valence-corrected chi connectivity index (χ4v) is 5.28. The fourth-order valence-electron chi connectivity index (χ4n) is 3.48. The topological polar surface area (TPSA) is 72.9 Å². The number of hydrogen-bond acceptors (Lipinski definition) is 5. The monoisotopic (exact) mass is 433 g/mol. The van der Waals surface area contributed by atoms with Crippen LogP contribution in [-0.2, 0) is 14.6 Å². The Labute approximate surface area is 175 Å². The molecule has 1 aliphatic heterocycles. The van der Waals surface area contributed by atoms with Crippen molar-refractivity contribution in [3.05, 3.63) is 65.5 Å². The van der Waals surface area contributed by atoms with Gasteiger partial charge in [0.05, 0.1) is 25.2 Å². The molecule has 1 atom stereocenters. The minimum atomic E-state index is -3.57. The van der Waals surface area contributed by atoms with Gasteiger partial charge in [-0.05, 0) is 36.3 Å². The quantitative estimate of drug-likeness (QED) is 0.677. The zero-order chi connectivity index (χ0) is 21.7. The average molecular weight is 434 g/mol. The first-order chi connectivity index (χ1) is 14.4. The second kappa shape index (κ2) is 9.30. The van der Waals surface area contributed by atoms with Gasteiger partial charge in [0, 0.05) is 24.7 Å². The highest BCUT2D eigenvalue weighted by molar-refractivity contribution is 7.91. The molecule has 160 valence electrons. The van der Waals surface area contributed by atoms with Crippen LogP contribution in [0.5, 0.6) is 11.5 Å². The van der Waals surface area contributed by atoms with Crippen molar-refractivity contribution in [1.29, 1.82) is 0 Å². The lowest BCUT2D eigenvalue weighted by Gasteiger charge is -2.18. The summed E-state index contributed by atoms with van der Waals surface area (Å²) in [5.74, 6) is 0.0778. The first-order valence-electron chi connectivity index (χ1n) is 9.50. The second-order valence-corrected chi connectivity index (χ2v) is 9.24. The van der Waals surface area contributed by atoms with Gasteiger partial charge in [-0.15, -0.1) is 0 Å². The van der Waals surface area contributed by atoms with E-state index >= 15 is 0 Å². The molecule has 0 aromatic heterocycles. The predicted octanol–water partition coefficient (Wildman–Crippen LogP) is 3.24. The minimum Gasteiger partial charge on any atom is -0.493 e. The highest BCUT2D eigenvalue weighted by Crippen LogP contribution is 2.31. The van der Waals surface area contributed by atoms with E-state index in [0.29, 0.717) is 11.5 Å². The van der Waals surface area contributed by atoms with Crippen LogP contribution in [-0.4, -0.2) is 52.3 Å². The molecule has 0 aliphatic carbocycles. The lowest BCUT2D eigenvalue weighted by molar-refractivity contribution is -0.125. The summed E-state index contributed by atoms with van der Waals surface area (Å²) in [6.45, 7) is 0.301. The van der Waals surface area contributed by atoms with E-state index in [2.05, 4.69) is 0 Å². The third-order valence-electron chi connectivity index (χ3n) is 5.13. The zero-order valence-corrected chi connectivity index (χ0v) is 17.7. The molecule has 1 aliphatic rings. The van der Waals surface area contributed by atoms with Gasteiger partial charge >= 0.3 is 0 Å². The SMILES string of the molecule is COc1ccc(C=CC(=O)N2CCC(c3ccccc3F)S(=O)(=O)CC2)cc1OC. The molecule has 1 saturated heterocycles. The van der Waals surface area contributed by atoms with Gasteiger partial charge in [-0.1, -0.05) is 24.3 Å². The zero-order valence-electron chi connectivity index (χ0n) is 16.9. The van der Waals surface area contributed by atoms with Gasteiger partial charge in [-0.3, -0.25) is 4.79 Å². The first kappa shape index (κ1) is 21.8. The second-order valence-electron chi connectivity index (χ2n) is 6.94. The summed E-state index contributed by atoms with van der Waals surface area (Å²) >= 11 is 0. The number of halogens is 1. The normalized spacial score (nSPS) is 18.8. The number of hydrogen-bond donors (Lipinski definition) is 0. The van der Waals surface area contributed by atoms with E-state index in [1.165, 1.54) is 36.3 Å². The fraction of sp³-hybridized carbons (Fsp3) is 0.318. The van der Waals surface area contributed by atoms with Gasteiger partial charge in [0.15, 0.2) is 21.3 Å². The Morgan fingerprint density at radius 1 is 1.10 bits per heavy atom. The van der Waals surface area contributed by atoms with Crippen LogP contribution in [0, 0.1) is 5.82 Å². The molecular weight excluding hydrogens is 409 g/mol. The molecule has 1 unspecified atom stereocenters. The van der Waals surface area contributed by atoms with Gasteiger partial charge < -0.3 is 14.4 Å². The number of carbonyl (C=O) groups excluding carboxylic acids is 1. The maximum absolute atomic E-state index is 14.2. The molecule has 0 N–H and O–H groups in total. The number of nitrogens with zero attached hydrogens (tertiary/aromatic N) is 1. The van der Waals surface area contributed by atoms with E-state index in [0.717, 1.165) is 5.56 Å². The van der Waals surface area contributed by atoms with Crippen molar-refractivity contribution in [3.8, 4) is 11.5 Å². The van der Waals surface area contributed by atoms with Gasteiger partial charge in [-0.2, -0.15) is 0 Å². The molecule has 1 fully saturated rings. The molecular formula is C22H24FNO5S. The molecule has 0 bridgehead atoms. The molecule has 3 rings (SSSR count). The lowest BCUT2D eigenvalue weighted by atomic mass is 10.1. The van der Waals surface area contributed by atoms with Crippen molar-refractivity contribution in [2.45, 2.75) is 11.7 Å². The van der Waals surface area contributed by atoms with Crippen LogP contribution in [0.4, 0.5) is 4.39 Å². The molecule has 30 heavy (non-hydrogen) atoms. The van der Waals surface area contributed by atoms with Gasteiger partial charge in [0.2, 0.25) is 5.91 Å². The summed E-state index contributed by atoms with van der Waals surface area (Å²) in [6, 6.07) is 11.2. The first-order valence-corrected chi connectivity index (χ1v) is 11.2. The van der Waals surface area contributed by atoms with Crippen molar-refractivity contribution in [2.75, 3.05) is 33.1 Å². The Kier molecular flexibility index (Phi) is 6.77. The third-order valence-corrected chi connectivity index (χ3v) is 7.24. The highest BCUT2D eigenvalue weighted by Gasteiger charge is 2.33. The summed E-state index contributed by atoms with van der Waals surface area (Å²) in [6.07, 6.45) is 3.19. The number of amides is 1. The third kappa shape index (κ3) is 4.81. The smallest absolute Gasteiger partial charge is 0.246 e. The number of benzene rings is 2. The Morgan fingerprint density at radius 2 is 1.83 bits per heavy atom. The van der Waals surface area contributed by atoms with Crippen LogP contribution in [0.25, 0.3) is 6.08 Å². The van der Waals surface area contributed by atoms with E-state index in [1.807, 2.05) is 0 Å². The Hall–Kier alpha value is -2.87. The van der Waals surface area contributed by atoms with Crippen LogP contribution >= 0.6 is 0 Å². The minimum absolute atomic E-state index is 0.0718. The number of methoxy groups -OCH3 is 2. The highest BCUT2D eigenvalue weighted by atomic mass is 32.2. The molecule has 2 aromatic rings. The summed E-state index contributed by atoms with van der Waals surface area (Å²) in [7, 11) is -0.506. The molecule has 6 nitrogen and oxygen atoms in total. The van der Waals surface area contributed by atoms with Crippen molar-refractivity contribution in [1.82, 2.24) is 4.90 Å². The van der Waals surface area contributed by atoms with Gasteiger partial charge in [-0.25, -0.2) is 12.8 Å². The maximum Gasteiger partial charge on any atom is 0.246 e. The van der Waals surface area contributed by atoms with Crippen molar-refractivity contribution in [2.24, 2.45) is 0 Å². The number of sulfone groups is 1. The summed E-state index contributed by atoms with van der Waals surface area (Å²) < 4.78 is 50.0. The van der Waals surface area contributed by atoms with Crippen molar-refractivity contribution < 1.29 is 27.1 Å². The number of ether oxygens (including phenoxy) is 2. The summed E-state index contributed by atoms with van der Waals surface area (Å²) in [5.41, 5.74) is 0.903. The lowest BCUT2D eigenvalue weighted by Crippen LogP contribution is -2.32. The average Bonchev–Trinajstić information content (AvgIpc) is 2.90. The molecule has 0 spiro atoms. The van der Waals surface area contributed by atoms with Crippen LogP contribution in [0.2, 0.25) is 0 Å². The Morgan fingerprint density at radius 3 is 2.53 bits per heavy atom. The maximum atomic E-state index is 14.2. The molecule has 0 saturated carbocycles. The van der Waals surface area contributed by atoms with E-state index in [1.54, 1.807) is 37.5 Å². The van der Waals surface area contributed by atoms with Gasteiger partial charge in [0.25, 0.3) is 0 Å². The molecule has 1 amide bonds. The van der Waals surface area contributed by atoms with E-state index in [4.69, 9.17) is 9.47 Å². The number of rotatable bonds is 5. The molecule has 1 heterocycles. The molecule has 2 aromatic carbocycles. The van der Waals surface area contributed by atoms with Crippen LogP contribution in [0.3, 0.4) is 0 Å². The Balaban J connectivity index is 1.74. The largest absolute Gasteiger partial charge is 0.493 e.